The van der Waals surface area contributed by atoms with Crippen molar-refractivity contribution in [2.45, 2.75) is 0 Å². The first-order valence-electron chi connectivity index (χ1n) is 3.34. The van der Waals surface area contributed by atoms with E-state index in [4.69, 9.17) is 11.5 Å². The van der Waals surface area contributed by atoms with Crippen LogP contribution in [0.5, 0.6) is 0 Å². The SMILES string of the molecule is C[N+](C)(CCN)CCN.[Cl-]. The van der Waals surface area contributed by atoms with Crippen LogP contribution in [0.2, 0.25) is 0 Å². The highest BCUT2D eigenvalue weighted by Gasteiger charge is 2.10. The van der Waals surface area contributed by atoms with Crippen molar-refractivity contribution in [3.05, 3.63) is 0 Å². The minimum Gasteiger partial charge on any atom is -1.00 e. The third-order valence-corrected chi connectivity index (χ3v) is 1.47. The van der Waals surface area contributed by atoms with Gasteiger partial charge in [0.25, 0.3) is 0 Å². The first-order valence-corrected chi connectivity index (χ1v) is 3.34. The molecule has 0 unspecified atom stereocenters. The van der Waals surface area contributed by atoms with Gasteiger partial charge in [-0.3, -0.25) is 0 Å². The Balaban J connectivity index is 0. The molecule has 0 bridgehead atoms. The van der Waals surface area contributed by atoms with Gasteiger partial charge in [0.05, 0.1) is 27.2 Å². The van der Waals surface area contributed by atoms with Crippen molar-refractivity contribution in [1.29, 1.82) is 0 Å². The molecule has 0 saturated carbocycles. The highest BCUT2D eigenvalue weighted by Crippen LogP contribution is 1.91. The fourth-order valence-corrected chi connectivity index (χ4v) is 0.811. The summed E-state index contributed by atoms with van der Waals surface area (Å²) in [6.45, 7) is 3.51. The van der Waals surface area contributed by atoms with Crippen LogP contribution in [0.15, 0.2) is 0 Å². The van der Waals surface area contributed by atoms with Crippen LogP contribution in [0, 0.1) is 0 Å². The van der Waals surface area contributed by atoms with Crippen LogP contribution in [0.1, 0.15) is 0 Å². The Labute approximate surface area is 69.4 Å². The molecule has 0 aliphatic carbocycles. The van der Waals surface area contributed by atoms with Gasteiger partial charge in [0.15, 0.2) is 0 Å². The third-order valence-electron chi connectivity index (χ3n) is 1.47. The molecule has 0 aliphatic heterocycles. The summed E-state index contributed by atoms with van der Waals surface area (Å²) in [4.78, 5) is 0. The molecular weight excluding hydrogens is 150 g/mol. The zero-order valence-electron chi connectivity index (χ0n) is 6.81. The van der Waals surface area contributed by atoms with E-state index in [-0.39, 0.29) is 12.4 Å². The molecule has 0 spiro atoms. The van der Waals surface area contributed by atoms with Gasteiger partial charge in [-0.2, -0.15) is 0 Å². The number of hydrogen-bond donors (Lipinski definition) is 2. The van der Waals surface area contributed by atoms with Crippen molar-refractivity contribution in [2.75, 3.05) is 40.3 Å². The maximum absolute atomic E-state index is 5.39. The molecule has 4 N–H and O–H groups in total. The molecule has 0 atom stereocenters. The van der Waals surface area contributed by atoms with Gasteiger partial charge >= 0.3 is 0 Å². The molecule has 10 heavy (non-hydrogen) atoms. The Morgan fingerprint density at radius 1 is 1.00 bits per heavy atom. The van der Waals surface area contributed by atoms with Crippen molar-refractivity contribution < 1.29 is 16.9 Å². The Morgan fingerprint density at radius 2 is 1.30 bits per heavy atom. The van der Waals surface area contributed by atoms with Crippen LogP contribution >= 0.6 is 0 Å². The van der Waals surface area contributed by atoms with Crippen molar-refractivity contribution in [2.24, 2.45) is 11.5 Å². The van der Waals surface area contributed by atoms with E-state index in [1.807, 2.05) is 0 Å². The number of hydrogen-bond acceptors (Lipinski definition) is 2. The molecule has 0 fully saturated rings. The Bertz CT molecular complexity index is 67.4. The van der Waals surface area contributed by atoms with Crippen molar-refractivity contribution in [3.8, 4) is 0 Å². The quantitative estimate of drug-likeness (QED) is 0.420. The van der Waals surface area contributed by atoms with Gasteiger partial charge in [-0.15, -0.1) is 0 Å². The molecule has 0 heterocycles. The van der Waals surface area contributed by atoms with Gasteiger partial charge in [-0.05, 0) is 0 Å². The van der Waals surface area contributed by atoms with E-state index >= 15 is 0 Å². The summed E-state index contributed by atoms with van der Waals surface area (Å²) in [5, 5.41) is 0. The van der Waals surface area contributed by atoms with Gasteiger partial charge in [0.2, 0.25) is 0 Å². The number of nitrogens with zero attached hydrogens (tertiary/aromatic N) is 1. The second kappa shape index (κ2) is 5.92. The van der Waals surface area contributed by atoms with Gasteiger partial charge in [0.1, 0.15) is 0 Å². The second-order valence-electron chi connectivity index (χ2n) is 2.96. The smallest absolute Gasteiger partial charge is 0.0907 e. The van der Waals surface area contributed by atoms with Crippen molar-refractivity contribution in [1.82, 2.24) is 0 Å². The number of halogens is 1. The van der Waals surface area contributed by atoms with Gasteiger partial charge in [-0.1, -0.05) is 0 Å². The number of quaternary nitrogens is 1. The molecule has 3 nitrogen and oxygen atoms in total. The Morgan fingerprint density at radius 3 is 1.50 bits per heavy atom. The molecule has 0 rings (SSSR count). The Kier molecular flexibility index (Phi) is 7.58. The van der Waals surface area contributed by atoms with E-state index < -0.39 is 0 Å². The fourth-order valence-electron chi connectivity index (χ4n) is 0.811. The number of rotatable bonds is 4. The topological polar surface area (TPSA) is 52.0 Å². The summed E-state index contributed by atoms with van der Waals surface area (Å²) >= 11 is 0. The molecule has 0 radical (unpaired) electrons. The van der Waals surface area contributed by atoms with Crippen LogP contribution in [0.3, 0.4) is 0 Å². The molecule has 64 valence electrons. The average molecular weight is 168 g/mol. The summed E-state index contributed by atoms with van der Waals surface area (Å²) in [6.07, 6.45) is 0. The normalized spacial score (nSPS) is 10.8. The lowest BCUT2D eigenvalue weighted by Gasteiger charge is -2.28. The van der Waals surface area contributed by atoms with Crippen LogP contribution in [-0.2, 0) is 0 Å². The summed E-state index contributed by atoms with van der Waals surface area (Å²) < 4.78 is 0.938. The average Bonchev–Trinajstić information content (AvgIpc) is 1.64. The van der Waals surface area contributed by atoms with E-state index in [1.54, 1.807) is 0 Å². The maximum atomic E-state index is 5.39. The largest absolute Gasteiger partial charge is 1.00 e. The number of nitrogens with two attached hydrogens (primary N) is 2. The molecular formula is C6H18ClN3. The summed E-state index contributed by atoms with van der Waals surface area (Å²) in [7, 11) is 4.28. The van der Waals surface area contributed by atoms with Crippen molar-refractivity contribution in [3.63, 3.8) is 0 Å². The van der Waals surface area contributed by atoms with Gasteiger partial charge in [-0.25, -0.2) is 0 Å². The van der Waals surface area contributed by atoms with Gasteiger partial charge in [0, 0.05) is 13.1 Å². The lowest BCUT2D eigenvalue weighted by Crippen LogP contribution is -3.00. The van der Waals surface area contributed by atoms with Crippen LogP contribution in [-0.4, -0.2) is 44.8 Å². The molecule has 0 aliphatic rings. The second-order valence-corrected chi connectivity index (χ2v) is 2.96. The molecule has 0 aromatic rings. The van der Waals surface area contributed by atoms with E-state index in [0.717, 1.165) is 30.7 Å². The maximum Gasteiger partial charge on any atom is 0.0907 e. The van der Waals surface area contributed by atoms with Gasteiger partial charge < -0.3 is 28.4 Å². The Hall–Kier alpha value is 0.170. The van der Waals surface area contributed by atoms with E-state index in [1.165, 1.54) is 0 Å². The zero-order chi connectivity index (χ0) is 7.33. The lowest BCUT2D eigenvalue weighted by molar-refractivity contribution is -0.887. The highest BCUT2D eigenvalue weighted by molar-refractivity contribution is 4.36. The molecule has 0 aromatic heterocycles. The van der Waals surface area contributed by atoms with Crippen molar-refractivity contribution >= 4 is 0 Å². The predicted octanol–water partition coefficient (Wildman–Crippen LogP) is -4.02. The highest BCUT2D eigenvalue weighted by atomic mass is 35.5. The fraction of sp³-hybridized carbons (Fsp3) is 1.00. The van der Waals surface area contributed by atoms with E-state index in [9.17, 15) is 0 Å². The van der Waals surface area contributed by atoms with Crippen LogP contribution in [0.25, 0.3) is 0 Å². The third kappa shape index (κ3) is 6.29. The first kappa shape index (κ1) is 12.8. The minimum atomic E-state index is 0. The lowest BCUT2D eigenvalue weighted by atomic mass is 10.4. The van der Waals surface area contributed by atoms with E-state index in [0.29, 0.717) is 0 Å². The zero-order valence-corrected chi connectivity index (χ0v) is 7.56. The first-order chi connectivity index (χ1) is 4.12. The van der Waals surface area contributed by atoms with Crippen LogP contribution in [0.4, 0.5) is 0 Å². The summed E-state index contributed by atoms with van der Waals surface area (Å²) in [5.74, 6) is 0. The molecule has 4 heteroatoms. The standard InChI is InChI=1S/C6H18N3.ClH/c1-9(2,5-3-7)6-4-8;/h3-8H2,1-2H3;1H/q+1;/p-1. The summed E-state index contributed by atoms with van der Waals surface area (Å²) in [6, 6.07) is 0. The molecule has 0 saturated heterocycles. The minimum absolute atomic E-state index is 0. The molecule has 0 aromatic carbocycles. The van der Waals surface area contributed by atoms with E-state index in [2.05, 4.69) is 14.1 Å². The summed E-state index contributed by atoms with van der Waals surface area (Å²) in [5.41, 5.74) is 10.8. The predicted molar refractivity (Wildman–Crippen MR) is 40.0 cm³/mol. The monoisotopic (exact) mass is 167 g/mol. The van der Waals surface area contributed by atoms with Crippen LogP contribution < -0.4 is 23.9 Å². The molecule has 0 amide bonds. The number of likely N-dealkylation sites (N-methyl/N-ethyl adjacent to an activating group) is 1.